The molecule has 112 valence electrons. The topological polar surface area (TPSA) is 35.5 Å². The summed E-state index contributed by atoms with van der Waals surface area (Å²) >= 11 is 0. The lowest BCUT2D eigenvalue weighted by Crippen LogP contribution is -2.25. The van der Waals surface area contributed by atoms with E-state index in [-0.39, 0.29) is 17.3 Å². The van der Waals surface area contributed by atoms with Crippen LogP contribution in [0.25, 0.3) is 0 Å². The molecule has 0 spiro atoms. The van der Waals surface area contributed by atoms with Crippen molar-refractivity contribution < 1.29 is 14.3 Å². The third-order valence-corrected chi connectivity index (χ3v) is 4.11. The fourth-order valence-corrected chi connectivity index (χ4v) is 3.32. The predicted molar refractivity (Wildman–Crippen MR) is 81.5 cm³/mol. The first-order valence-corrected chi connectivity index (χ1v) is 7.65. The van der Waals surface area contributed by atoms with E-state index in [4.69, 9.17) is 9.47 Å². The fourth-order valence-electron chi connectivity index (χ4n) is 3.32. The number of ether oxygens (including phenoxy) is 2. The summed E-state index contributed by atoms with van der Waals surface area (Å²) in [6.45, 7) is 6.76. The second-order valence-corrected chi connectivity index (χ2v) is 6.49. The molecule has 3 heteroatoms. The third-order valence-electron chi connectivity index (χ3n) is 4.11. The molecule has 0 bridgehead atoms. The van der Waals surface area contributed by atoms with E-state index in [2.05, 4.69) is 32.0 Å². The van der Waals surface area contributed by atoms with Crippen molar-refractivity contribution in [3.63, 3.8) is 0 Å². The van der Waals surface area contributed by atoms with Gasteiger partial charge in [0.15, 0.2) is 5.78 Å². The van der Waals surface area contributed by atoms with Crippen LogP contribution in [0.15, 0.2) is 30.0 Å². The van der Waals surface area contributed by atoms with Gasteiger partial charge in [0.2, 0.25) is 0 Å². The van der Waals surface area contributed by atoms with Gasteiger partial charge in [0, 0.05) is 31.3 Å². The largest absolute Gasteiger partial charge is 0.498 e. The van der Waals surface area contributed by atoms with Crippen molar-refractivity contribution in [3.8, 4) is 5.75 Å². The number of hydrogen-bond acceptors (Lipinski definition) is 3. The Balaban J connectivity index is 1.91. The van der Waals surface area contributed by atoms with Crippen LogP contribution in [0, 0.1) is 0 Å². The molecule has 0 saturated heterocycles. The maximum Gasteiger partial charge on any atom is 0.159 e. The van der Waals surface area contributed by atoms with Gasteiger partial charge in [-0.15, -0.1) is 0 Å². The minimum atomic E-state index is -0.157. The van der Waals surface area contributed by atoms with Crippen LogP contribution in [0.4, 0.5) is 0 Å². The molecule has 0 amide bonds. The lowest BCUT2D eigenvalue weighted by molar-refractivity contribution is -0.115. The van der Waals surface area contributed by atoms with Crippen LogP contribution in [-0.4, -0.2) is 18.0 Å². The molecule has 1 aliphatic heterocycles. The summed E-state index contributed by atoms with van der Waals surface area (Å²) in [6.07, 6.45) is 3.88. The van der Waals surface area contributed by atoms with Crippen molar-refractivity contribution in [2.24, 2.45) is 0 Å². The van der Waals surface area contributed by atoms with Crippen LogP contribution >= 0.6 is 0 Å². The SMILES string of the molecule is CCOC1=CC(=O)CC(c2cccc3c2OC(C)(C)C3)C1. The molecule has 3 nitrogen and oxygen atoms in total. The van der Waals surface area contributed by atoms with Crippen molar-refractivity contribution in [2.45, 2.75) is 51.6 Å². The van der Waals surface area contributed by atoms with E-state index in [1.165, 1.54) is 5.56 Å². The van der Waals surface area contributed by atoms with Crippen molar-refractivity contribution in [1.82, 2.24) is 0 Å². The lowest BCUT2D eigenvalue weighted by Gasteiger charge is -2.25. The molecule has 1 atom stereocenters. The molecule has 3 rings (SSSR count). The van der Waals surface area contributed by atoms with Crippen molar-refractivity contribution in [3.05, 3.63) is 41.2 Å². The molecule has 1 aromatic carbocycles. The highest BCUT2D eigenvalue weighted by Gasteiger charge is 2.34. The van der Waals surface area contributed by atoms with Gasteiger partial charge in [-0.05, 0) is 31.9 Å². The summed E-state index contributed by atoms with van der Waals surface area (Å²) in [7, 11) is 0. The Morgan fingerprint density at radius 2 is 2.14 bits per heavy atom. The number of para-hydroxylation sites is 1. The summed E-state index contributed by atoms with van der Waals surface area (Å²) in [6, 6.07) is 6.28. The zero-order chi connectivity index (χ0) is 15.0. The number of rotatable bonds is 3. The quantitative estimate of drug-likeness (QED) is 0.848. The number of hydrogen-bond donors (Lipinski definition) is 0. The first-order valence-electron chi connectivity index (χ1n) is 7.65. The first-order chi connectivity index (χ1) is 9.98. The summed E-state index contributed by atoms with van der Waals surface area (Å²) < 4.78 is 11.7. The molecule has 0 N–H and O–H groups in total. The third kappa shape index (κ3) is 2.82. The Bertz CT molecular complexity index is 598. The molecule has 21 heavy (non-hydrogen) atoms. The molecule has 0 fully saturated rings. The smallest absolute Gasteiger partial charge is 0.159 e. The number of ketones is 1. The van der Waals surface area contributed by atoms with E-state index in [0.717, 1.165) is 29.9 Å². The van der Waals surface area contributed by atoms with E-state index in [0.29, 0.717) is 13.0 Å². The van der Waals surface area contributed by atoms with Crippen molar-refractivity contribution in [1.29, 1.82) is 0 Å². The van der Waals surface area contributed by atoms with Crippen molar-refractivity contribution >= 4 is 5.78 Å². The molecular weight excluding hydrogens is 264 g/mol. The average molecular weight is 286 g/mol. The van der Waals surface area contributed by atoms with Crippen LogP contribution in [0.3, 0.4) is 0 Å². The Labute approximate surface area is 125 Å². The van der Waals surface area contributed by atoms with E-state index in [1.807, 2.05) is 6.92 Å². The summed E-state index contributed by atoms with van der Waals surface area (Å²) in [5.74, 6) is 2.09. The van der Waals surface area contributed by atoms with Gasteiger partial charge in [-0.3, -0.25) is 4.79 Å². The van der Waals surface area contributed by atoms with Gasteiger partial charge in [0.25, 0.3) is 0 Å². The first kappa shape index (κ1) is 14.2. The van der Waals surface area contributed by atoms with Gasteiger partial charge >= 0.3 is 0 Å². The molecule has 1 aromatic rings. The Kier molecular flexibility index (Phi) is 3.52. The van der Waals surface area contributed by atoms with Gasteiger partial charge < -0.3 is 9.47 Å². The standard InChI is InChI=1S/C18H22O3/c1-4-20-15-9-13(8-14(19)10-15)16-7-5-6-12-11-18(2,3)21-17(12)16/h5-7,10,13H,4,8-9,11H2,1-3H3. The fraction of sp³-hybridized carbons (Fsp3) is 0.500. The van der Waals surface area contributed by atoms with Gasteiger partial charge in [0.05, 0.1) is 6.61 Å². The summed E-state index contributed by atoms with van der Waals surface area (Å²) in [5, 5.41) is 0. The minimum Gasteiger partial charge on any atom is -0.498 e. The molecule has 0 radical (unpaired) electrons. The molecule has 0 aromatic heterocycles. The Morgan fingerprint density at radius 1 is 1.33 bits per heavy atom. The van der Waals surface area contributed by atoms with Crippen LogP contribution in [0.2, 0.25) is 0 Å². The summed E-state index contributed by atoms with van der Waals surface area (Å²) in [5.41, 5.74) is 2.24. The summed E-state index contributed by atoms with van der Waals surface area (Å²) in [4.78, 5) is 12.0. The van der Waals surface area contributed by atoms with Crippen LogP contribution in [-0.2, 0) is 16.0 Å². The highest BCUT2D eigenvalue weighted by atomic mass is 16.5. The monoisotopic (exact) mass is 286 g/mol. The predicted octanol–water partition coefficient (Wildman–Crippen LogP) is 3.77. The molecule has 1 heterocycles. The van der Waals surface area contributed by atoms with E-state index in [1.54, 1.807) is 6.08 Å². The van der Waals surface area contributed by atoms with E-state index < -0.39 is 0 Å². The number of carbonyl (C=O) groups excluding carboxylic acids is 1. The minimum absolute atomic E-state index is 0.143. The second-order valence-electron chi connectivity index (χ2n) is 6.49. The zero-order valence-electron chi connectivity index (χ0n) is 12.9. The molecule has 0 saturated carbocycles. The molecule has 1 aliphatic carbocycles. The van der Waals surface area contributed by atoms with Crippen LogP contribution in [0.1, 0.15) is 50.7 Å². The van der Waals surface area contributed by atoms with Gasteiger partial charge in [0.1, 0.15) is 17.1 Å². The Hall–Kier alpha value is -1.77. The highest BCUT2D eigenvalue weighted by molar-refractivity contribution is 5.91. The van der Waals surface area contributed by atoms with E-state index in [9.17, 15) is 4.79 Å². The lowest BCUT2D eigenvalue weighted by atomic mass is 9.84. The van der Waals surface area contributed by atoms with Crippen LogP contribution < -0.4 is 4.74 Å². The van der Waals surface area contributed by atoms with Crippen LogP contribution in [0.5, 0.6) is 5.75 Å². The van der Waals surface area contributed by atoms with Gasteiger partial charge in [-0.25, -0.2) is 0 Å². The average Bonchev–Trinajstić information content (AvgIpc) is 2.71. The number of fused-ring (bicyclic) bond motifs is 1. The molecular formula is C18H22O3. The molecule has 2 aliphatic rings. The highest BCUT2D eigenvalue weighted by Crippen LogP contribution is 2.44. The Morgan fingerprint density at radius 3 is 2.90 bits per heavy atom. The van der Waals surface area contributed by atoms with Crippen molar-refractivity contribution in [2.75, 3.05) is 6.61 Å². The zero-order valence-corrected chi connectivity index (χ0v) is 12.9. The number of allylic oxidation sites excluding steroid dienone is 2. The number of carbonyl (C=O) groups is 1. The van der Waals surface area contributed by atoms with Gasteiger partial charge in [-0.1, -0.05) is 18.2 Å². The maximum absolute atomic E-state index is 12.0. The normalized spacial score (nSPS) is 23.3. The molecule has 1 unspecified atom stereocenters. The van der Waals surface area contributed by atoms with Gasteiger partial charge in [-0.2, -0.15) is 0 Å². The van der Waals surface area contributed by atoms with E-state index >= 15 is 0 Å². The number of benzene rings is 1. The second kappa shape index (κ2) is 5.21. The maximum atomic E-state index is 12.0.